The summed E-state index contributed by atoms with van der Waals surface area (Å²) in [4.78, 5) is 21.3. The van der Waals surface area contributed by atoms with E-state index in [4.69, 9.17) is 10.6 Å². The van der Waals surface area contributed by atoms with Crippen LogP contribution in [0.15, 0.2) is 18.2 Å². The van der Waals surface area contributed by atoms with Crippen molar-refractivity contribution >= 4 is 11.6 Å². The van der Waals surface area contributed by atoms with Gasteiger partial charge in [0.2, 0.25) is 5.91 Å². The van der Waals surface area contributed by atoms with E-state index in [-0.39, 0.29) is 24.1 Å². The molecule has 0 spiro atoms. The molecular weight excluding hydrogens is 250 g/mol. The number of nitrogens with one attached hydrogen (secondary N) is 1. The Morgan fingerprint density at radius 1 is 1.58 bits per heavy atom. The fraction of sp³-hybridized carbons (Fsp3) is 0.417. The van der Waals surface area contributed by atoms with Gasteiger partial charge in [0.25, 0.3) is 5.69 Å². The summed E-state index contributed by atoms with van der Waals surface area (Å²) >= 11 is 0. The Balaban J connectivity index is 2.69. The number of hydrazine groups is 1. The predicted molar refractivity (Wildman–Crippen MR) is 69.5 cm³/mol. The van der Waals surface area contributed by atoms with Gasteiger partial charge in [0.1, 0.15) is 5.75 Å². The molecule has 1 unspecified atom stereocenters. The van der Waals surface area contributed by atoms with E-state index < -0.39 is 4.92 Å². The van der Waals surface area contributed by atoms with Crippen molar-refractivity contribution in [3.05, 3.63) is 33.9 Å². The quantitative estimate of drug-likeness (QED) is 0.351. The lowest BCUT2D eigenvalue weighted by molar-refractivity contribution is -0.385. The molecule has 1 aromatic rings. The fourth-order valence-electron chi connectivity index (χ4n) is 1.61. The number of nitro groups is 1. The topological polar surface area (TPSA) is 107 Å². The summed E-state index contributed by atoms with van der Waals surface area (Å²) in [7, 11) is 0. The second kappa shape index (κ2) is 6.69. The molecule has 104 valence electrons. The monoisotopic (exact) mass is 267 g/mol. The summed E-state index contributed by atoms with van der Waals surface area (Å²) in [5.41, 5.74) is 2.53. The number of hydrogen-bond donors (Lipinski definition) is 2. The SMILES string of the molecule is Cc1c(OC(C)CCC(=O)NN)cccc1[N+](=O)[O-]. The lowest BCUT2D eigenvalue weighted by Gasteiger charge is -2.15. The summed E-state index contributed by atoms with van der Waals surface area (Å²) in [6.45, 7) is 3.43. The zero-order valence-electron chi connectivity index (χ0n) is 10.9. The van der Waals surface area contributed by atoms with Gasteiger partial charge in [-0.15, -0.1) is 0 Å². The second-order valence-electron chi connectivity index (χ2n) is 4.19. The number of benzene rings is 1. The summed E-state index contributed by atoms with van der Waals surface area (Å²) in [5, 5.41) is 10.8. The first-order valence-electron chi connectivity index (χ1n) is 5.85. The van der Waals surface area contributed by atoms with Crippen LogP contribution in [-0.4, -0.2) is 16.9 Å². The average Bonchev–Trinajstić information content (AvgIpc) is 2.38. The molecule has 0 aromatic heterocycles. The largest absolute Gasteiger partial charge is 0.490 e. The molecule has 0 aliphatic rings. The van der Waals surface area contributed by atoms with Crippen LogP contribution in [0.1, 0.15) is 25.3 Å². The molecule has 3 N–H and O–H groups in total. The number of carbonyl (C=O) groups excluding carboxylic acids is 1. The molecule has 1 atom stereocenters. The number of nitrogens with zero attached hydrogens (tertiary/aromatic N) is 1. The van der Waals surface area contributed by atoms with Crippen molar-refractivity contribution < 1.29 is 14.5 Å². The molecule has 7 heteroatoms. The first-order valence-corrected chi connectivity index (χ1v) is 5.85. The van der Waals surface area contributed by atoms with Gasteiger partial charge in [-0.25, -0.2) is 5.84 Å². The van der Waals surface area contributed by atoms with E-state index >= 15 is 0 Å². The molecule has 1 aromatic carbocycles. The lowest BCUT2D eigenvalue weighted by Crippen LogP contribution is -2.30. The number of nitrogens with two attached hydrogens (primary N) is 1. The van der Waals surface area contributed by atoms with Crippen LogP contribution in [0.4, 0.5) is 5.69 Å². The maximum Gasteiger partial charge on any atom is 0.276 e. The smallest absolute Gasteiger partial charge is 0.276 e. The normalized spacial score (nSPS) is 11.7. The molecule has 0 radical (unpaired) electrons. The van der Waals surface area contributed by atoms with Crippen molar-refractivity contribution in [2.24, 2.45) is 5.84 Å². The van der Waals surface area contributed by atoms with Crippen molar-refractivity contribution in [2.45, 2.75) is 32.8 Å². The Bertz CT molecular complexity index is 476. The molecule has 7 nitrogen and oxygen atoms in total. The predicted octanol–water partition coefficient (Wildman–Crippen LogP) is 1.44. The number of amides is 1. The lowest BCUT2D eigenvalue weighted by atomic mass is 10.1. The van der Waals surface area contributed by atoms with Crippen molar-refractivity contribution in [1.29, 1.82) is 0 Å². The highest BCUT2D eigenvalue weighted by Gasteiger charge is 2.16. The minimum absolute atomic E-state index is 0.0180. The average molecular weight is 267 g/mol. The molecule has 1 rings (SSSR count). The maximum absolute atomic E-state index is 11.0. The van der Waals surface area contributed by atoms with Crippen LogP contribution in [0.3, 0.4) is 0 Å². The highest BCUT2D eigenvalue weighted by molar-refractivity contribution is 5.75. The minimum Gasteiger partial charge on any atom is -0.490 e. The Morgan fingerprint density at radius 2 is 2.26 bits per heavy atom. The van der Waals surface area contributed by atoms with Gasteiger partial charge in [0, 0.05) is 12.5 Å². The summed E-state index contributed by atoms with van der Waals surface area (Å²) in [5.74, 6) is 5.15. The summed E-state index contributed by atoms with van der Waals surface area (Å²) in [6.07, 6.45) is 0.481. The van der Waals surface area contributed by atoms with Gasteiger partial charge >= 0.3 is 0 Å². The van der Waals surface area contributed by atoms with Crippen molar-refractivity contribution in [2.75, 3.05) is 0 Å². The number of nitro benzene ring substituents is 1. The number of ether oxygens (including phenoxy) is 1. The van der Waals surface area contributed by atoms with Crippen LogP contribution in [-0.2, 0) is 4.79 Å². The second-order valence-corrected chi connectivity index (χ2v) is 4.19. The highest BCUT2D eigenvalue weighted by atomic mass is 16.6. The number of hydrogen-bond acceptors (Lipinski definition) is 5. The number of rotatable bonds is 6. The van der Waals surface area contributed by atoms with Crippen molar-refractivity contribution in [3.8, 4) is 5.75 Å². The Hall–Kier alpha value is -2.15. The molecule has 0 heterocycles. The molecule has 0 saturated heterocycles. The van der Waals surface area contributed by atoms with Gasteiger partial charge in [0.05, 0.1) is 16.6 Å². The van der Waals surface area contributed by atoms with E-state index in [1.54, 1.807) is 26.0 Å². The van der Waals surface area contributed by atoms with E-state index in [1.165, 1.54) is 6.07 Å². The van der Waals surface area contributed by atoms with E-state index in [9.17, 15) is 14.9 Å². The molecule has 0 aliphatic heterocycles. The van der Waals surface area contributed by atoms with Crippen LogP contribution < -0.4 is 16.0 Å². The molecule has 0 bridgehead atoms. The Morgan fingerprint density at radius 3 is 2.84 bits per heavy atom. The van der Waals surface area contributed by atoms with Crippen molar-refractivity contribution in [1.82, 2.24) is 5.43 Å². The zero-order chi connectivity index (χ0) is 14.4. The van der Waals surface area contributed by atoms with Gasteiger partial charge in [-0.1, -0.05) is 6.07 Å². The van der Waals surface area contributed by atoms with Crippen LogP contribution in [0.2, 0.25) is 0 Å². The first-order chi connectivity index (χ1) is 8.95. The molecule has 1 amide bonds. The van der Waals surface area contributed by atoms with Crippen LogP contribution in [0.25, 0.3) is 0 Å². The zero-order valence-corrected chi connectivity index (χ0v) is 10.9. The molecule has 19 heavy (non-hydrogen) atoms. The third-order valence-corrected chi connectivity index (χ3v) is 2.72. The van der Waals surface area contributed by atoms with E-state index in [0.717, 1.165) is 0 Å². The Labute approximate surface area is 110 Å². The third-order valence-electron chi connectivity index (χ3n) is 2.72. The van der Waals surface area contributed by atoms with E-state index in [1.807, 2.05) is 5.43 Å². The standard InChI is InChI=1S/C12H17N3O4/c1-8(6-7-12(16)14-13)19-11-5-3-4-10(9(11)2)15(17)18/h3-5,8H,6-7,13H2,1-2H3,(H,14,16). The first kappa shape index (κ1) is 14.9. The van der Waals surface area contributed by atoms with Gasteiger partial charge < -0.3 is 4.74 Å². The fourth-order valence-corrected chi connectivity index (χ4v) is 1.61. The Kier molecular flexibility index (Phi) is 5.25. The highest BCUT2D eigenvalue weighted by Crippen LogP contribution is 2.28. The van der Waals surface area contributed by atoms with Crippen LogP contribution in [0.5, 0.6) is 5.75 Å². The van der Waals surface area contributed by atoms with Gasteiger partial charge in [0.15, 0.2) is 0 Å². The van der Waals surface area contributed by atoms with Crippen molar-refractivity contribution in [3.63, 3.8) is 0 Å². The van der Waals surface area contributed by atoms with Gasteiger partial charge in [-0.2, -0.15) is 0 Å². The van der Waals surface area contributed by atoms with E-state index in [2.05, 4.69) is 0 Å². The van der Waals surface area contributed by atoms with Gasteiger partial charge in [-0.3, -0.25) is 20.3 Å². The van der Waals surface area contributed by atoms with E-state index in [0.29, 0.717) is 17.7 Å². The summed E-state index contributed by atoms with van der Waals surface area (Å²) in [6, 6.07) is 4.66. The number of carbonyl (C=O) groups is 1. The maximum atomic E-state index is 11.0. The molecule has 0 saturated carbocycles. The van der Waals surface area contributed by atoms with Crippen LogP contribution in [0, 0.1) is 17.0 Å². The molecular formula is C12H17N3O4. The third kappa shape index (κ3) is 4.22. The molecule has 0 fully saturated rings. The van der Waals surface area contributed by atoms with Gasteiger partial charge in [-0.05, 0) is 26.3 Å². The van der Waals surface area contributed by atoms with Crippen LogP contribution >= 0.6 is 0 Å². The minimum atomic E-state index is -0.450. The summed E-state index contributed by atoms with van der Waals surface area (Å²) < 4.78 is 5.61. The molecule has 0 aliphatic carbocycles.